The lowest BCUT2D eigenvalue weighted by Gasteiger charge is -1.90. The van der Waals surface area contributed by atoms with E-state index in [9.17, 15) is 4.79 Å². The van der Waals surface area contributed by atoms with Crippen molar-refractivity contribution in [2.75, 3.05) is 0 Å². The van der Waals surface area contributed by atoms with Crippen LogP contribution in [0.4, 0.5) is 0 Å². The Morgan fingerprint density at radius 1 is 1.38 bits per heavy atom. The lowest BCUT2D eigenvalue weighted by molar-refractivity contribution is -0.135. The first kappa shape index (κ1) is 9.27. The van der Waals surface area contributed by atoms with Gasteiger partial charge in [-0.2, -0.15) is 0 Å². The van der Waals surface area contributed by atoms with E-state index in [1.807, 2.05) is 12.1 Å². The van der Waals surface area contributed by atoms with Crippen LogP contribution in [-0.2, 0) is 11.2 Å². The van der Waals surface area contributed by atoms with Gasteiger partial charge in [0.05, 0.1) is 0 Å². The van der Waals surface area contributed by atoms with E-state index in [4.69, 9.17) is 5.11 Å². The molecule has 3 nitrogen and oxygen atoms in total. The molecular weight excluding hydrogens is 166 g/mol. The lowest BCUT2D eigenvalue weighted by atomic mass is 10.2. The van der Waals surface area contributed by atoms with E-state index in [1.54, 1.807) is 12.4 Å². The minimum absolute atomic E-state index is 0.0922. The Bertz CT molecular complexity index is 335. The first-order valence-electron chi connectivity index (χ1n) is 3.85. The average Bonchev–Trinajstić information content (AvgIpc) is 2.14. The molecule has 1 heterocycles. The fourth-order valence-electron chi connectivity index (χ4n) is 0.803. The van der Waals surface area contributed by atoms with E-state index in [1.165, 1.54) is 0 Å². The maximum atomic E-state index is 10.1. The molecule has 0 aliphatic heterocycles. The molecule has 1 rings (SSSR count). The van der Waals surface area contributed by atoms with Crippen molar-refractivity contribution in [1.29, 1.82) is 0 Å². The van der Waals surface area contributed by atoms with Crippen LogP contribution in [0, 0.1) is 11.8 Å². The molecule has 1 aromatic rings. The van der Waals surface area contributed by atoms with Gasteiger partial charge in [-0.05, 0) is 17.7 Å². The Balaban J connectivity index is 2.42. The molecule has 66 valence electrons. The number of carbonyl (C=O) groups is 1. The predicted molar refractivity (Wildman–Crippen MR) is 48.0 cm³/mol. The molecule has 0 aliphatic carbocycles. The van der Waals surface area contributed by atoms with Gasteiger partial charge in [0.2, 0.25) is 0 Å². The molecule has 0 saturated heterocycles. The molecule has 13 heavy (non-hydrogen) atoms. The van der Waals surface area contributed by atoms with Crippen molar-refractivity contribution in [3.05, 3.63) is 30.1 Å². The molecule has 0 unspecified atom stereocenters. The SMILES string of the molecule is O=C(O)CC#CCc1ccncc1. The van der Waals surface area contributed by atoms with Gasteiger partial charge in [0, 0.05) is 18.8 Å². The largest absolute Gasteiger partial charge is 0.481 e. The number of pyridine rings is 1. The Morgan fingerprint density at radius 2 is 2.08 bits per heavy atom. The van der Waals surface area contributed by atoms with Gasteiger partial charge in [0.15, 0.2) is 0 Å². The second-order valence-corrected chi connectivity index (χ2v) is 2.46. The summed E-state index contributed by atoms with van der Waals surface area (Å²) >= 11 is 0. The number of rotatable bonds is 2. The monoisotopic (exact) mass is 175 g/mol. The molecular formula is C10H9NO2. The normalized spacial score (nSPS) is 8.62. The number of aliphatic carboxylic acids is 1. The van der Waals surface area contributed by atoms with Crippen molar-refractivity contribution in [2.24, 2.45) is 0 Å². The zero-order valence-electron chi connectivity index (χ0n) is 7.03. The zero-order chi connectivity index (χ0) is 9.52. The summed E-state index contributed by atoms with van der Waals surface area (Å²) in [6, 6.07) is 3.71. The number of hydrogen-bond donors (Lipinski definition) is 1. The van der Waals surface area contributed by atoms with Gasteiger partial charge in [0.1, 0.15) is 6.42 Å². The minimum Gasteiger partial charge on any atom is -0.481 e. The highest BCUT2D eigenvalue weighted by molar-refractivity contribution is 5.69. The fraction of sp³-hybridized carbons (Fsp3) is 0.200. The molecule has 0 radical (unpaired) electrons. The van der Waals surface area contributed by atoms with E-state index in [0.29, 0.717) is 6.42 Å². The van der Waals surface area contributed by atoms with Crippen LogP contribution in [0.2, 0.25) is 0 Å². The van der Waals surface area contributed by atoms with E-state index < -0.39 is 5.97 Å². The highest BCUT2D eigenvalue weighted by Gasteiger charge is 1.89. The van der Waals surface area contributed by atoms with Crippen LogP contribution in [0.5, 0.6) is 0 Å². The summed E-state index contributed by atoms with van der Waals surface area (Å²) in [5.41, 5.74) is 1.05. The summed E-state index contributed by atoms with van der Waals surface area (Å²) in [6.45, 7) is 0. The van der Waals surface area contributed by atoms with Gasteiger partial charge in [-0.25, -0.2) is 0 Å². The molecule has 0 aromatic carbocycles. The first-order chi connectivity index (χ1) is 6.29. The topological polar surface area (TPSA) is 50.2 Å². The van der Waals surface area contributed by atoms with Crippen LogP contribution in [0.3, 0.4) is 0 Å². The van der Waals surface area contributed by atoms with Gasteiger partial charge in [-0.3, -0.25) is 9.78 Å². The van der Waals surface area contributed by atoms with Crippen molar-refractivity contribution < 1.29 is 9.90 Å². The summed E-state index contributed by atoms with van der Waals surface area (Å²) in [7, 11) is 0. The molecule has 0 amide bonds. The molecule has 3 heteroatoms. The van der Waals surface area contributed by atoms with Gasteiger partial charge in [0.25, 0.3) is 0 Å². The molecule has 0 aliphatic rings. The third-order valence-corrected chi connectivity index (χ3v) is 1.41. The van der Waals surface area contributed by atoms with Crippen molar-refractivity contribution in [3.8, 4) is 11.8 Å². The number of aromatic nitrogens is 1. The summed E-state index contributed by atoms with van der Waals surface area (Å²) in [6.07, 6.45) is 3.86. The molecule has 1 N–H and O–H groups in total. The van der Waals surface area contributed by atoms with Crippen LogP contribution in [0.25, 0.3) is 0 Å². The molecule has 0 bridgehead atoms. The molecule has 0 fully saturated rings. The lowest BCUT2D eigenvalue weighted by Crippen LogP contribution is -1.90. The Kier molecular flexibility index (Phi) is 3.52. The molecule has 0 atom stereocenters. The Hall–Kier alpha value is -1.82. The summed E-state index contributed by atoms with van der Waals surface area (Å²) in [5, 5.41) is 8.30. The summed E-state index contributed by atoms with van der Waals surface area (Å²) in [5.74, 6) is 4.45. The zero-order valence-corrected chi connectivity index (χ0v) is 7.03. The third-order valence-electron chi connectivity index (χ3n) is 1.41. The molecule has 0 spiro atoms. The number of carboxylic acids is 1. The minimum atomic E-state index is -0.887. The third kappa shape index (κ3) is 3.92. The van der Waals surface area contributed by atoms with E-state index in [-0.39, 0.29) is 6.42 Å². The van der Waals surface area contributed by atoms with E-state index in [2.05, 4.69) is 16.8 Å². The number of nitrogens with zero attached hydrogens (tertiary/aromatic N) is 1. The van der Waals surface area contributed by atoms with Crippen molar-refractivity contribution >= 4 is 5.97 Å². The van der Waals surface area contributed by atoms with Gasteiger partial charge < -0.3 is 5.11 Å². The summed E-state index contributed by atoms with van der Waals surface area (Å²) in [4.78, 5) is 14.0. The second-order valence-electron chi connectivity index (χ2n) is 2.46. The van der Waals surface area contributed by atoms with Gasteiger partial charge in [-0.1, -0.05) is 11.8 Å². The van der Waals surface area contributed by atoms with E-state index >= 15 is 0 Å². The molecule has 0 saturated carbocycles. The number of hydrogen-bond acceptors (Lipinski definition) is 2. The number of carboxylic acid groups (broad SMARTS) is 1. The smallest absolute Gasteiger partial charge is 0.315 e. The Labute approximate surface area is 76.4 Å². The van der Waals surface area contributed by atoms with Crippen LogP contribution in [-0.4, -0.2) is 16.1 Å². The highest BCUT2D eigenvalue weighted by Crippen LogP contribution is 1.95. The van der Waals surface area contributed by atoms with Crippen molar-refractivity contribution in [2.45, 2.75) is 12.8 Å². The highest BCUT2D eigenvalue weighted by atomic mass is 16.4. The first-order valence-corrected chi connectivity index (χ1v) is 3.85. The van der Waals surface area contributed by atoms with Gasteiger partial charge in [-0.15, -0.1) is 0 Å². The summed E-state index contributed by atoms with van der Waals surface area (Å²) < 4.78 is 0. The van der Waals surface area contributed by atoms with Crippen LogP contribution in [0.1, 0.15) is 12.0 Å². The predicted octanol–water partition coefficient (Wildman–Crippen LogP) is 1.10. The van der Waals surface area contributed by atoms with Crippen molar-refractivity contribution in [3.63, 3.8) is 0 Å². The standard InChI is InChI=1S/C10H9NO2/c12-10(13)4-2-1-3-9-5-7-11-8-6-9/h5-8H,3-4H2,(H,12,13). The quantitative estimate of drug-likeness (QED) is 0.685. The van der Waals surface area contributed by atoms with Crippen molar-refractivity contribution in [1.82, 2.24) is 4.98 Å². The van der Waals surface area contributed by atoms with E-state index in [0.717, 1.165) is 5.56 Å². The Morgan fingerprint density at radius 3 is 2.69 bits per heavy atom. The fourth-order valence-corrected chi connectivity index (χ4v) is 0.803. The maximum absolute atomic E-state index is 10.1. The van der Waals surface area contributed by atoms with Gasteiger partial charge >= 0.3 is 5.97 Å². The average molecular weight is 175 g/mol. The van der Waals surface area contributed by atoms with Crippen LogP contribution in [0.15, 0.2) is 24.5 Å². The van der Waals surface area contributed by atoms with Crippen LogP contribution < -0.4 is 0 Å². The molecule has 1 aromatic heterocycles. The maximum Gasteiger partial charge on any atom is 0.315 e. The van der Waals surface area contributed by atoms with Crippen LogP contribution >= 0.6 is 0 Å². The second kappa shape index (κ2) is 4.94.